The Balaban J connectivity index is 1.79. The molecule has 4 rings (SSSR count). The van der Waals surface area contributed by atoms with E-state index in [0.29, 0.717) is 23.6 Å². The molecule has 0 spiro atoms. The van der Waals surface area contributed by atoms with Gasteiger partial charge in [-0.25, -0.2) is 0 Å². The summed E-state index contributed by atoms with van der Waals surface area (Å²) >= 11 is 0. The largest absolute Gasteiger partial charge is 0.492 e. The summed E-state index contributed by atoms with van der Waals surface area (Å²) in [6, 6.07) is 7.75. The highest BCUT2D eigenvalue weighted by Crippen LogP contribution is 2.51. The fourth-order valence-electron chi connectivity index (χ4n) is 4.21. The minimum Gasteiger partial charge on any atom is -0.492 e. The van der Waals surface area contributed by atoms with Crippen LogP contribution in [0.4, 0.5) is 0 Å². The number of nitrogens with zero attached hydrogens (tertiary/aromatic N) is 2. The molecule has 0 aliphatic carbocycles. The third kappa shape index (κ3) is 2.94. The Morgan fingerprint density at radius 1 is 1.33 bits per heavy atom. The van der Waals surface area contributed by atoms with Crippen molar-refractivity contribution in [3.63, 3.8) is 0 Å². The number of likely N-dealkylation sites (N-methyl/N-ethyl adjacent to an activating group) is 1. The van der Waals surface area contributed by atoms with Gasteiger partial charge >= 0.3 is 0 Å². The molecule has 3 heterocycles. The zero-order chi connectivity index (χ0) is 19.2. The summed E-state index contributed by atoms with van der Waals surface area (Å²) < 4.78 is 19.6. The zero-order valence-corrected chi connectivity index (χ0v) is 16.3. The van der Waals surface area contributed by atoms with E-state index in [0.717, 1.165) is 28.8 Å². The van der Waals surface area contributed by atoms with E-state index in [9.17, 15) is 4.79 Å². The molecular weight excluding hydrogens is 344 g/mol. The van der Waals surface area contributed by atoms with Gasteiger partial charge in [-0.05, 0) is 17.7 Å². The van der Waals surface area contributed by atoms with Gasteiger partial charge in [0.05, 0.1) is 39.7 Å². The average Bonchev–Trinajstić information content (AvgIpc) is 3.11. The van der Waals surface area contributed by atoms with Crippen molar-refractivity contribution in [1.82, 2.24) is 0 Å². The van der Waals surface area contributed by atoms with E-state index in [1.165, 1.54) is 5.56 Å². The van der Waals surface area contributed by atoms with E-state index in [1.54, 1.807) is 7.11 Å². The minimum absolute atomic E-state index is 0.00842. The Morgan fingerprint density at radius 3 is 2.89 bits per heavy atom. The number of rotatable bonds is 4. The number of hydrogen-bond donors (Lipinski definition) is 0. The number of benzene rings is 1. The van der Waals surface area contributed by atoms with Crippen LogP contribution >= 0.6 is 0 Å². The summed E-state index contributed by atoms with van der Waals surface area (Å²) in [4.78, 5) is 13.1. The van der Waals surface area contributed by atoms with Crippen LogP contribution in [-0.2, 0) is 13.5 Å². The molecule has 0 fully saturated rings. The summed E-state index contributed by atoms with van der Waals surface area (Å²) in [6.07, 6.45) is 3.23. The standard InChI is InChI=1S/C21H26N2O4/c1-22-9-6-5-7-15(22)17(24)12-16-19-14(8-10-23(16,2)3)11-18-20(21(19)25-4)27-13-26-18/h5-7,9,11,16H,8,10,12-13H2,1-4H3/q+2/t16-/m0/s1. The molecule has 27 heavy (non-hydrogen) atoms. The van der Waals surface area contributed by atoms with Crippen LogP contribution in [0.2, 0.25) is 0 Å². The van der Waals surface area contributed by atoms with Gasteiger partial charge in [-0.2, -0.15) is 4.57 Å². The zero-order valence-electron chi connectivity index (χ0n) is 16.3. The van der Waals surface area contributed by atoms with Crippen molar-refractivity contribution in [3.05, 3.63) is 47.3 Å². The van der Waals surface area contributed by atoms with Crippen LogP contribution in [0.25, 0.3) is 0 Å². The quantitative estimate of drug-likeness (QED) is 0.470. The molecule has 6 heteroatoms. The molecule has 2 aromatic rings. The van der Waals surface area contributed by atoms with E-state index in [-0.39, 0.29) is 18.6 Å². The highest BCUT2D eigenvalue weighted by atomic mass is 16.7. The third-order valence-electron chi connectivity index (χ3n) is 5.80. The Labute approximate surface area is 159 Å². The molecule has 142 valence electrons. The van der Waals surface area contributed by atoms with Crippen molar-refractivity contribution < 1.29 is 28.1 Å². The van der Waals surface area contributed by atoms with Gasteiger partial charge in [-0.3, -0.25) is 4.79 Å². The highest BCUT2D eigenvalue weighted by Gasteiger charge is 2.43. The normalized spacial score (nSPS) is 19.5. The molecule has 1 aromatic heterocycles. The van der Waals surface area contributed by atoms with Gasteiger partial charge in [0.2, 0.25) is 24.0 Å². The summed E-state index contributed by atoms with van der Waals surface area (Å²) in [7, 11) is 7.91. The third-order valence-corrected chi connectivity index (χ3v) is 5.80. The van der Waals surface area contributed by atoms with Crippen molar-refractivity contribution in [2.24, 2.45) is 7.05 Å². The molecular formula is C21H26N2O4+2. The number of aryl methyl sites for hydroxylation is 1. The number of aromatic nitrogens is 1. The minimum atomic E-state index is -0.00842. The van der Waals surface area contributed by atoms with E-state index >= 15 is 0 Å². The summed E-state index contributed by atoms with van der Waals surface area (Å²) in [5.41, 5.74) is 2.97. The van der Waals surface area contributed by atoms with Crippen molar-refractivity contribution in [3.8, 4) is 17.2 Å². The average molecular weight is 370 g/mol. The molecule has 2 aliphatic rings. The molecule has 2 aliphatic heterocycles. The first-order valence-corrected chi connectivity index (χ1v) is 9.22. The van der Waals surface area contributed by atoms with Crippen LogP contribution < -0.4 is 18.8 Å². The summed E-state index contributed by atoms with van der Waals surface area (Å²) in [5.74, 6) is 2.22. The summed E-state index contributed by atoms with van der Waals surface area (Å²) in [5, 5.41) is 0. The van der Waals surface area contributed by atoms with Crippen molar-refractivity contribution in [2.75, 3.05) is 34.5 Å². The fourth-order valence-corrected chi connectivity index (χ4v) is 4.21. The second-order valence-electron chi connectivity index (χ2n) is 7.81. The first-order chi connectivity index (χ1) is 12.9. The van der Waals surface area contributed by atoms with Gasteiger partial charge in [0.1, 0.15) is 13.1 Å². The molecule has 0 saturated heterocycles. The predicted molar refractivity (Wildman–Crippen MR) is 99.1 cm³/mol. The number of methoxy groups -OCH3 is 1. The molecule has 1 atom stereocenters. The molecule has 1 aromatic carbocycles. The predicted octanol–water partition coefficient (Wildman–Crippen LogP) is 2.19. The van der Waals surface area contributed by atoms with Gasteiger partial charge in [0.15, 0.2) is 17.7 Å². The number of fused-ring (bicyclic) bond motifs is 2. The van der Waals surface area contributed by atoms with Gasteiger partial charge in [0, 0.05) is 18.6 Å². The van der Waals surface area contributed by atoms with Gasteiger partial charge < -0.3 is 18.7 Å². The number of ether oxygens (including phenoxy) is 3. The number of ketones is 1. The molecule has 0 saturated carbocycles. The second-order valence-corrected chi connectivity index (χ2v) is 7.81. The van der Waals surface area contributed by atoms with Crippen LogP contribution in [0.1, 0.15) is 34.1 Å². The molecule has 6 nitrogen and oxygen atoms in total. The number of hydrogen-bond acceptors (Lipinski definition) is 4. The molecule has 0 amide bonds. The van der Waals surface area contributed by atoms with E-state index < -0.39 is 0 Å². The smallest absolute Gasteiger partial charge is 0.248 e. The van der Waals surface area contributed by atoms with Gasteiger partial charge in [0.25, 0.3) is 0 Å². The lowest BCUT2D eigenvalue weighted by atomic mass is 9.86. The van der Waals surface area contributed by atoms with Crippen molar-refractivity contribution >= 4 is 5.78 Å². The number of carbonyl (C=O) groups is 1. The highest BCUT2D eigenvalue weighted by molar-refractivity contribution is 5.93. The van der Waals surface area contributed by atoms with Crippen LogP contribution in [-0.4, -0.2) is 44.8 Å². The number of carbonyl (C=O) groups excluding carboxylic acids is 1. The molecule has 0 N–H and O–H groups in total. The van der Waals surface area contributed by atoms with Crippen LogP contribution in [0.3, 0.4) is 0 Å². The monoisotopic (exact) mass is 370 g/mol. The SMILES string of the molecule is COc1c2c(cc3c1[C@H](CC(=O)c1cccc[n+]1C)[N+](C)(C)CC3)OCO2. The molecule has 0 bridgehead atoms. The van der Waals surface area contributed by atoms with Crippen molar-refractivity contribution in [1.29, 1.82) is 0 Å². The van der Waals surface area contributed by atoms with E-state index in [4.69, 9.17) is 14.2 Å². The van der Waals surface area contributed by atoms with Crippen LogP contribution in [0, 0.1) is 0 Å². The Bertz CT molecular complexity index is 907. The lowest BCUT2D eigenvalue weighted by Gasteiger charge is -2.42. The number of Topliss-reactive ketones (excluding diaryl/α,β-unsaturated/α-hetero) is 1. The number of quaternary nitrogens is 1. The first-order valence-electron chi connectivity index (χ1n) is 9.22. The lowest BCUT2D eigenvalue weighted by Crippen LogP contribution is -2.49. The second kappa shape index (κ2) is 6.53. The maximum Gasteiger partial charge on any atom is 0.248 e. The number of pyridine rings is 1. The van der Waals surface area contributed by atoms with Gasteiger partial charge in [-0.15, -0.1) is 0 Å². The lowest BCUT2D eigenvalue weighted by molar-refractivity contribution is -0.922. The maximum atomic E-state index is 13.1. The van der Waals surface area contributed by atoms with E-state index in [2.05, 4.69) is 20.2 Å². The fraction of sp³-hybridized carbons (Fsp3) is 0.429. The van der Waals surface area contributed by atoms with Crippen LogP contribution in [0.15, 0.2) is 30.5 Å². The summed E-state index contributed by atoms with van der Waals surface area (Å²) in [6.45, 7) is 1.16. The topological polar surface area (TPSA) is 48.6 Å². The first kappa shape index (κ1) is 17.8. The Kier molecular flexibility index (Phi) is 4.30. The Morgan fingerprint density at radius 2 is 2.15 bits per heavy atom. The van der Waals surface area contributed by atoms with E-state index in [1.807, 2.05) is 36.0 Å². The molecule has 0 radical (unpaired) electrons. The van der Waals surface area contributed by atoms with Gasteiger partial charge in [-0.1, -0.05) is 0 Å². The molecule has 0 unspecified atom stereocenters. The Hall–Kier alpha value is -2.60. The van der Waals surface area contributed by atoms with Crippen molar-refractivity contribution in [2.45, 2.75) is 18.9 Å². The van der Waals surface area contributed by atoms with Crippen LogP contribution in [0.5, 0.6) is 17.2 Å². The maximum absolute atomic E-state index is 13.1.